The van der Waals surface area contributed by atoms with Crippen LogP contribution in [0.1, 0.15) is 46.1 Å². The molecule has 0 saturated carbocycles. The van der Waals surface area contributed by atoms with Crippen molar-refractivity contribution in [2.75, 3.05) is 6.54 Å². The van der Waals surface area contributed by atoms with E-state index >= 15 is 0 Å². The molecule has 0 radical (unpaired) electrons. The monoisotopic (exact) mass is 237 g/mol. The highest BCUT2D eigenvalue weighted by molar-refractivity contribution is 5.08. The van der Waals surface area contributed by atoms with Crippen LogP contribution in [0.15, 0.2) is 10.9 Å². The van der Waals surface area contributed by atoms with Gasteiger partial charge in [-0.05, 0) is 12.5 Å². The number of aromatic amines is 1. The van der Waals surface area contributed by atoms with Crippen molar-refractivity contribution < 1.29 is 0 Å². The van der Waals surface area contributed by atoms with E-state index in [1.807, 2.05) is 20.8 Å². The largest absolute Gasteiger partial charge is 0.311 e. The zero-order valence-electron chi connectivity index (χ0n) is 11.4. The van der Waals surface area contributed by atoms with Gasteiger partial charge in [0.05, 0.1) is 5.69 Å². The molecule has 1 aromatic rings. The molecule has 1 heterocycles. The van der Waals surface area contributed by atoms with Crippen molar-refractivity contribution in [1.82, 2.24) is 15.3 Å². The van der Waals surface area contributed by atoms with Crippen molar-refractivity contribution in [2.45, 2.75) is 46.6 Å². The summed E-state index contributed by atoms with van der Waals surface area (Å²) in [6.45, 7) is 12.0. The first-order chi connectivity index (χ1) is 7.79. The SMILES string of the molecule is CC(C)CNCc1cc(=O)[nH]c(C(C)(C)C)n1. The molecule has 0 spiro atoms. The minimum absolute atomic E-state index is 0.0775. The highest BCUT2D eigenvalue weighted by atomic mass is 16.1. The Balaban J connectivity index is 2.80. The lowest BCUT2D eigenvalue weighted by Crippen LogP contribution is -2.26. The molecule has 0 bridgehead atoms. The molecule has 4 nitrogen and oxygen atoms in total. The summed E-state index contributed by atoms with van der Waals surface area (Å²) in [6, 6.07) is 1.56. The van der Waals surface area contributed by atoms with Crippen LogP contribution in [0.4, 0.5) is 0 Å². The molecule has 0 unspecified atom stereocenters. The van der Waals surface area contributed by atoms with E-state index in [4.69, 9.17) is 0 Å². The fourth-order valence-electron chi connectivity index (χ4n) is 1.44. The van der Waals surface area contributed by atoms with Gasteiger partial charge in [0.15, 0.2) is 0 Å². The minimum atomic E-state index is -0.132. The van der Waals surface area contributed by atoms with Crippen LogP contribution in [-0.2, 0) is 12.0 Å². The Bertz CT molecular complexity index is 415. The van der Waals surface area contributed by atoms with Crippen LogP contribution in [0.5, 0.6) is 0 Å². The molecule has 0 aliphatic rings. The van der Waals surface area contributed by atoms with Crippen LogP contribution in [-0.4, -0.2) is 16.5 Å². The zero-order chi connectivity index (χ0) is 13.1. The lowest BCUT2D eigenvalue weighted by Gasteiger charge is -2.17. The molecular weight excluding hydrogens is 214 g/mol. The maximum absolute atomic E-state index is 11.5. The van der Waals surface area contributed by atoms with E-state index in [2.05, 4.69) is 29.1 Å². The van der Waals surface area contributed by atoms with E-state index in [0.29, 0.717) is 12.5 Å². The average molecular weight is 237 g/mol. The minimum Gasteiger partial charge on any atom is -0.311 e. The van der Waals surface area contributed by atoms with E-state index in [9.17, 15) is 4.79 Å². The summed E-state index contributed by atoms with van der Waals surface area (Å²) in [5.41, 5.74) is 0.596. The maximum Gasteiger partial charge on any atom is 0.251 e. The Kier molecular flexibility index (Phi) is 4.46. The Morgan fingerprint density at radius 2 is 2.06 bits per heavy atom. The highest BCUT2D eigenvalue weighted by Crippen LogP contribution is 2.16. The van der Waals surface area contributed by atoms with Gasteiger partial charge in [-0.25, -0.2) is 4.98 Å². The van der Waals surface area contributed by atoms with Crippen LogP contribution in [0, 0.1) is 5.92 Å². The molecule has 0 aliphatic heterocycles. The van der Waals surface area contributed by atoms with Crippen LogP contribution >= 0.6 is 0 Å². The average Bonchev–Trinajstić information content (AvgIpc) is 2.14. The number of rotatable bonds is 4. The van der Waals surface area contributed by atoms with Gasteiger partial charge in [0.2, 0.25) is 0 Å². The van der Waals surface area contributed by atoms with Gasteiger partial charge in [0.1, 0.15) is 5.82 Å². The molecule has 1 aromatic heterocycles. The molecule has 2 N–H and O–H groups in total. The summed E-state index contributed by atoms with van der Waals surface area (Å²) in [5, 5.41) is 3.29. The number of nitrogens with zero attached hydrogens (tertiary/aromatic N) is 1. The molecule has 0 atom stereocenters. The van der Waals surface area contributed by atoms with Gasteiger partial charge < -0.3 is 10.3 Å². The fraction of sp³-hybridized carbons (Fsp3) is 0.692. The van der Waals surface area contributed by atoms with Gasteiger partial charge in [-0.3, -0.25) is 4.79 Å². The third kappa shape index (κ3) is 4.69. The summed E-state index contributed by atoms with van der Waals surface area (Å²) in [6.07, 6.45) is 0. The third-order valence-corrected chi connectivity index (χ3v) is 2.36. The van der Waals surface area contributed by atoms with Gasteiger partial charge >= 0.3 is 0 Å². The first-order valence-corrected chi connectivity index (χ1v) is 6.10. The molecule has 0 aromatic carbocycles. The van der Waals surface area contributed by atoms with Crippen LogP contribution in [0.25, 0.3) is 0 Å². The number of H-pyrrole nitrogens is 1. The van der Waals surface area contributed by atoms with E-state index in [1.54, 1.807) is 6.07 Å². The van der Waals surface area contributed by atoms with E-state index < -0.39 is 0 Å². The van der Waals surface area contributed by atoms with Gasteiger partial charge in [-0.1, -0.05) is 34.6 Å². The molecule has 0 aliphatic carbocycles. The second-order valence-electron chi connectivity index (χ2n) is 5.86. The smallest absolute Gasteiger partial charge is 0.251 e. The lowest BCUT2D eigenvalue weighted by atomic mass is 9.95. The van der Waals surface area contributed by atoms with Gasteiger partial charge in [-0.15, -0.1) is 0 Å². The van der Waals surface area contributed by atoms with Crippen LogP contribution in [0.2, 0.25) is 0 Å². The van der Waals surface area contributed by atoms with Crippen molar-refractivity contribution in [3.8, 4) is 0 Å². The number of aromatic nitrogens is 2. The van der Waals surface area contributed by atoms with Crippen LogP contribution in [0.3, 0.4) is 0 Å². The second-order valence-corrected chi connectivity index (χ2v) is 5.86. The summed E-state index contributed by atoms with van der Waals surface area (Å²) in [4.78, 5) is 18.8. The first-order valence-electron chi connectivity index (χ1n) is 6.10. The van der Waals surface area contributed by atoms with Crippen molar-refractivity contribution in [3.05, 3.63) is 27.9 Å². The summed E-state index contributed by atoms with van der Waals surface area (Å²) in [7, 11) is 0. The number of hydrogen-bond acceptors (Lipinski definition) is 3. The van der Waals surface area contributed by atoms with E-state index in [1.165, 1.54) is 0 Å². The van der Waals surface area contributed by atoms with E-state index in [-0.39, 0.29) is 11.0 Å². The standard InChI is InChI=1S/C13H23N3O/c1-9(2)7-14-8-10-6-11(17)16-12(15-10)13(3,4)5/h6,9,14H,7-8H2,1-5H3,(H,15,16,17). The maximum atomic E-state index is 11.5. The molecule has 0 fully saturated rings. The topological polar surface area (TPSA) is 57.8 Å². The van der Waals surface area contributed by atoms with Crippen LogP contribution < -0.4 is 10.9 Å². The van der Waals surface area contributed by atoms with Crippen molar-refractivity contribution >= 4 is 0 Å². The predicted molar refractivity (Wildman–Crippen MR) is 70.1 cm³/mol. The molecule has 0 saturated heterocycles. The molecule has 96 valence electrons. The Hall–Kier alpha value is -1.16. The molecule has 0 amide bonds. The van der Waals surface area contributed by atoms with Crippen molar-refractivity contribution in [3.63, 3.8) is 0 Å². The predicted octanol–water partition coefficient (Wildman–Crippen LogP) is 1.81. The summed E-state index contributed by atoms with van der Waals surface area (Å²) < 4.78 is 0. The Labute approximate surface area is 103 Å². The summed E-state index contributed by atoms with van der Waals surface area (Å²) in [5.74, 6) is 1.34. The van der Waals surface area contributed by atoms with Gasteiger partial charge in [0, 0.05) is 18.0 Å². The lowest BCUT2D eigenvalue weighted by molar-refractivity contribution is 0.523. The Morgan fingerprint density at radius 1 is 1.41 bits per heavy atom. The summed E-state index contributed by atoms with van der Waals surface area (Å²) >= 11 is 0. The zero-order valence-corrected chi connectivity index (χ0v) is 11.4. The van der Waals surface area contributed by atoms with Crippen molar-refractivity contribution in [1.29, 1.82) is 0 Å². The van der Waals surface area contributed by atoms with E-state index in [0.717, 1.165) is 18.1 Å². The fourth-order valence-corrected chi connectivity index (χ4v) is 1.44. The first kappa shape index (κ1) is 13.9. The Morgan fingerprint density at radius 3 is 2.59 bits per heavy atom. The molecule has 1 rings (SSSR count). The number of nitrogens with one attached hydrogen (secondary N) is 2. The normalized spacial score (nSPS) is 12.1. The second kappa shape index (κ2) is 5.45. The quantitative estimate of drug-likeness (QED) is 0.839. The van der Waals surface area contributed by atoms with Gasteiger partial charge in [0.25, 0.3) is 5.56 Å². The van der Waals surface area contributed by atoms with Crippen molar-refractivity contribution in [2.24, 2.45) is 5.92 Å². The molecule has 17 heavy (non-hydrogen) atoms. The molecular formula is C13H23N3O. The highest BCUT2D eigenvalue weighted by Gasteiger charge is 2.17. The molecule has 4 heteroatoms. The number of hydrogen-bond donors (Lipinski definition) is 2. The third-order valence-electron chi connectivity index (χ3n) is 2.36. The van der Waals surface area contributed by atoms with Gasteiger partial charge in [-0.2, -0.15) is 0 Å².